The van der Waals surface area contributed by atoms with Crippen molar-refractivity contribution in [3.8, 4) is 0 Å². The minimum atomic E-state index is 0.137. The van der Waals surface area contributed by atoms with Gasteiger partial charge in [-0.25, -0.2) is 0 Å². The van der Waals surface area contributed by atoms with Gasteiger partial charge in [0, 0.05) is 18.8 Å². The summed E-state index contributed by atoms with van der Waals surface area (Å²) in [7, 11) is 0. The molecule has 0 aliphatic carbocycles. The molecule has 1 spiro atoms. The van der Waals surface area contributed by atoms with Crippen LogP contribution < -0.4 is 10.6 Å². The molecule has 4 heteroatoms. The molecule has 0 aromatic heterocycles. The van der Waals surface area contributed by atoms with Crippen molar-refractivity contribution in [2.45, 2.75) is 18.4 Å². The topological polar surface area (TPSA) is 44.9 Å². The quantitative estimate of drug-likeness (QED) is 0.823. The van der Waals surface area contributed by atoms with Gasteiger partial charge in [0.15, 0.2) is 5.96 Å². The van der Waals surface area contributed by atoms with Crippen LogP contribution in [0.1, 0.15) is 12.8 Å². The number of nitrogens with zero attached hydrogens (tertiary/aromatic N) is 3. The maximum absolute atomic E-state index is 6.21. The van der Waals surface area contributed by atoms with Crippen LogP contribution in [0.25, 0.3) is 0 Å². The minimum absolute atomic E-state index is 0.137. The third-order valence-corrected chi connectivity index (χ3v) is 5.10. The first-order chi connectivity index (χ1) is 9.29. The van der Waals surface area contributed by atoms with Crippen LogP contribution in [0.5, 0.6) is 0 Å². The molecule has 3 aliphatic rings. The number of hydrogen-bond acceptors (Lipinski definition) is 4. The number of hydrogen-bond donors (Lipinski definition) is 1. The third kappa shape index (κ3) is 1.53. The number of benzene rings is 1. The molecule has 100 valence electrons. The molecule has 19 heavy (non-hydrogen) atoms. The number of nitrogens with two attached hydrogens (primary N) is 1. The molecule has 1 aromatic rings. The first-order valence-electron chi connectivity index (χ1n) is 7.17. The summed E-state index contributed by atoms with van der Waals surface area (Å²) < 4.78 is 0. The van der Waals surface area contributed by atoms with Crippen molar-refractivity contribution in [2.75, 3.05) is 31.1 Å². The first kappa shape index (κ1) is 11.3. The lowest BCUT2D eigenvalue weighted by Gasteiger charge is -2.46. The van der Waals surface area contributed by atoms with E-state index in [1.165, 1.54) is 38.2 Å². The van der Waals surface area contributed by atoms with E-state index < -0.39 is 0 Å². The zero-order valence-electron chi connectivity index (χ0n) is 11.1. The summed E-state index contributed by atoms with van der Waals surface area (Å²) in [5.74, 6) is 1.40. The normalized spacial score (nSPS) is 36.8. The molecular weight excluding hydrogens is 236 g/mol. The molecule has 4 nitrogen and oxygen atoms in total. The van der Waals surface area contributed by atoms with Gasteiger partial charge >= 0.3 is 0 Å². The van der Waals surface area contributed by atoms with E-state index in [-0.39, 0.29) is 5.54 Å². The fourth-order valence-electron chi connectivity index (χ4n) is 4.09. The average molecular weight is 256 g/mol. The molecule has 2 fully saturated rings. The Kier molecular flexibility index (Phi) is 2.36. The fraction of sp³-hybridized carbons (Fsp3) is 0.533. The summed E-state index contributed by atoms with van der Waals surface area (Å²) in [6.07, 6.45) is 2.46. The summed E-state index contributed by atoms with van der Waals surface area (Å²) in [5, 5.41) is 0. The van der Waals surface area contributed by atoms with Gasteiger partial charge in [0.25, 0.3) is 0 Å². The van der Waals surface area contributed by atoms with Crippen LogP contribution in [0.2, 0.25) is 0 Å². The Bertz CT molecular complexity index is 512. The monoisotopic (exact) mass is 256 g/mol. The summed E-state index contributed by atoms with van der Waals surface area (Å²) >= 11 is 0. The Morgan fingerprint density at radius 2 is 2.05 bits per heavy atom. The number of para-hydroxylation sites is 1. The van der Waals surface area contributed by atoms with Gasteiger partial charge in [-0.15, -0.1) is 0 Å². The molecule has 0 amide bonds. The molecule has 2 N–H and O–H groups in total. The molecule has 2 saturated heterocycles. The molecule has 3 heterocycles. The van der Waals surface area contributed by atoms with Gasteiger partial charge in [-0.1, -0.05) is 18.2 Å². The highest BCUT2D eigenvalue weighted by Crippen LogP contribution is 2.44. The van der Waals surface area contributed by atoms with Crippen LogP contribution >= 0.6 is 0 Å². The minimum Gasteiger partial charge on any atom is -0.369 e. The highest BCUT2D eigenvalue weighted by molar-refractivity contribution is 5.98. The van der Waals surface area contributed by atoms with Gasteiger partial charge in [0.1, 0.15) is 0 Å². The van der Waals surface area contributed by atoms with Crippen LogP contribution in [0.15, 0.2) is 35.3 Å². The second-order valence-electron chi connectivity index (χ2n) is 5.99. The number of piperidine rings is 1. The standard InChI is InChI=1S/C15H20N4/c16-14-17-11-15(7-9-18-8-6-12(15)10-18)19(14)13-4-2-1-3-5-13/h1-5,12H,6-11H2,(H2,16,17). The second-order valence-corrected chi connectivity index (χ2v) is 5.99. The Hall–Kier alpha value is -1.55. The van der Waals surface area contributed by atoms with E-state index in [4.69, 9.17) is 5.73 Å². The van der Waals surface area contributed by atoms with E-state index in [0.29, 0.717) is 11.9 Å². The van der Waals surface area contributed by atoms with Crippen LogP contribution in [-0.2, 0) is 0 Å². The van der Waals surface area contributed by atoms with Crippen LogP contribution in [0.3, 0.4) is 0 Å². The number of fused-ring (bicyclic) bond motifs is 3. The number of rotatable bonds is 1. The maximum Gasteiger partial charge on any atom is 0.196 e. The van der Waals surface area contributed by atoms with Crippen LogP contribution in [-0.4, -0.2) is 42.6 Å². The second kappa shape index (κ2) is 3.97. The molecule has 3 unspecified atom stereocenters. The van der Waals surface area contributed by atoms with Crippen molar-refractivity contribution in [3.05, 3.63) is 30.3 Å². The first-order valence-corrected chi connectivity index (χ1v) is 7.17. The van der Waals surface area contributed by atoms with Gasteiger partial charge < -0.3 is 15.5 Å². The van der Waals surface area contributed by atoms with Crippen molar-refractivity contribution in [2.24, 2.45) is 16.6 Å². The lowest BCUT2D eigenvalue weighted by atomic mass is 9.77. The molecule has 0 saturated carbocycles. The summed E-state index contributed by atoms with van der Waals surface area (Å²) in [5.41, 5.74) is 7.54. The van der Waals surface area contributed by atoms with E-state index >= 15 is 0 Å². The molecule has 3 aliphatic heterocycles. The lowest BCUT2D eigenvalue weighted by Crippen LogP contribution is -2.60. The van der Waals surface area contributed by atoms with E-state index in [1.807, 2.05) is 0 Å². The molecule has 2 bridgehead atoms. The summed E-state index contributed by atoms with van der Waals surface area (Å²) in [4.78, 5) is 9.49. The Morgan fingerprint density at radius 1 is 1.21 bits per heavy atom. The highest BCUT2D eigenvalue weighted by Gasteiger charge is 2.53. The molecule has 0 radical (unpaired) electrons. The SMILES string of the molecule is NC1=NCC2(CCN3CCC2C3)N1c1ccccc1. The maximum atomic E-state index is 6.21. The van der Waals surface area contributed by atoms with Crippen LogP contribution in [0.4, 0.5) is 5.69 Å². The average Bonchev–Trinajstić information content (AvgIpc) is 2.99. The van der Waals surface area contributed by atoms with Crippen molar-refractivity contribution in [3.63, 3.8) is 0 Å². The van der Waals surface area contributed by atoms with Gasteiger partial charge in [-0.3, -0.25) is 4.99 Å². The van der Waals surface area contributed by atoms with E-state index in [1.54, 1.807) is 0 Å². The summed E-state index contributed by atoms with van der Waals surface area (Å²) in [6.45, 7) is 4.51. The largest absolute Gasteiger partial charge is 0.369 e. The number of aliphatic imine (C=N–C) groups is 1. The van der Waals surface area contributed by atoms with Crippen molar-refractivity contribution in [1.29, 1.82) is 0 Å². The van der Waals surface area contributed by atoms with Gasteiger partial charge in [0.2, 0.25) is 0 Å². The van der Waals surface area contributed by atoms with E-state index in [9.17, 15) is 0 Å². The van der Waals surface area contributed by atoms with Gasteiger partial charge in [-0.2, -0.15) is 0 Å². The predicted octanol–water partition coefficient (Wildman–Crippen LogP) is 1.29. The number of anilines is 1. The van der Waals surface area contributed by atoms with Gasteiger partial charge in [0.05, 0.1) is 12.1 Å². The van der Waals surface area contributed by atoms with Crippen LogP contribution in [0, 0.1) is 5.92 Å². The number of guanidine groups is 1. The molecular formula is C15H20N4. The molecule has 4 rings (SSSR count). The van der Waals surface area contributed by atoms with Crippen molar-refractivity contribution < 1.29 is 0 Å². The van der Waals surface area contributed by atoms with E-state index in [2.05, 4.69) is 45.1 Å². The lowest BCUT2D eigenvalue weighted by molar-refractivity contribution is 0.182. The zero-order chi connectivity index (χ0) is 12.9. The fourth-order valence-corrected chi connectivity index (χ4v) is 4.09. The predicted molar refractivity (Wildman–Crippen MR) is 77.3 cm³/mol. The van der Waals surface area contributed by atoms with Crippen molar-refractivity contribution >= 4 is 11.6 Å². The smallest absolute Gasteiger partial charge is 0.196 e. The third-order valence-electron chi connectivity index (χ3n) is 5.10. The summed E-state index contributed by atoms with van der Waals surface area (Å²) in [6, 6.07) is 10.5. The molecule has 1 aromatic carbocycles. The molecule has 3 atom stereocenters. The highest BCUT2D eigenvalue weighted by atomic mass is 15.4. The zero-order valence-corrected chi connectivity index (χ0v) is 11.1. The van der Waals surface area contributed by atoms with Gasteiger partial charge in [-0.05, 0) is 37.4 Å². The van der Waals surface area contributed by atoms with Crippen molar-refractivity contribution in [1.82, 2.24) is 4.90 Å². The Morgan fingerprint density at radius 3 is 2.89 bits per heavy atom. The Balaban J connectivity index is 1.76. The Labute approximate surface area is 113 Å². The van der Waals surface area contributed by atoms with E-state index in [0.717, 1.165) is 6.54 Å².